The first-order valence-corrected chi connectivity index (χ1v) is 6.38. The van der Waals surface area contributed by atoms with Crippen molar-refractivity contribution in [2.75, 3.05) is 26.2 Å². The Labute approximate surface area is 110 Å². The molecule has 3 rings (SSSR count). The number of rotatable bonds is 3. The van der Waals surface area contributed by atoms with Gasteiger partial charge in [-0.15, -0.1) is 0 Å². The molecule has 1 atom stereocenters. The molecule has 2 aromatic rings. The predicted molar refractivity (Wildman–Crippen MR) is 70.1 cm³/mol. The molecule has 3 heterocycles. The highest BCUT2D eigenvalue weighted by Crippen LogP contribution is 2.06. The molecule has 1 unspecified atom stereocenters. The molecule has 6 heteroatoms. The predicted octanol–water partition coefficient (Wildman–Crippen LogP) is 0.0525. The van der Waals surface area contributed by atoms with E-state index in [-0.39, 0.29) is 12.0 Å². The summed E-state index contributed by atoms with van der Waals surface area (Å²) in [6.45, 7) is 2.84. The average molecular weight is 260 g/mol. The van der Waals surface area contributed by atoms with Crippen LogP contribution in [0.2, 0.25) is 0 Å². The van der Waals surface area contributed by atoms with Crippen molar-refractivity contribution in [1.29, 1.82) is 0 Å². The molecule has 100 valence electrons. The Morgan fingerprint density at radius 2 is 2.47 bits per heavy atom. The first-order valence-electron chi connectivity index (χ1n) is 6.38. The van der Waals surface area contributed by atoms with Gasteiger partial charge in [-0.3, -0.25) is 4.79 Å². The number of nitrogens with one attached hydrogen (secondary N) is 2. The molecule has 0 bridgehead atoms. The van der Waals surface area contributed by atoms with Crippen LogP contribution in [0.5, 0.6) is 0 Å². The zero-order valence-corrected chi connectivity index (χ0v) is 10.5. The van der Waals surface area contributed by atoms with E-state index in [9.17, 15) is 4.79 Å². The number of carbonyl (C=O) groups is 1. The largest absolute Gasteiger partial charge is 0.374 e. The highest BCUT2D eigenvalue weighted by atomic mass is 16.5. The van der Waals surface area contributed by atoms with E-state index in [1.54, 1.807) is 16.8 Å². The second-order valence-electron chi connectivity index (χ2n) is 4.49. The van der Waals surface area contributed by atoms with Crippen LogP contribution in [0.25, 0.3) is 5.52 Å². The highest BCUT2D eigenvalue weighted by Gasteiger charge is 2.16. The zero-order chi connectivity index (χ0) is 13.1. The summed E-state index contributed by atoms with van der Waals surface area (Å²) in [5.41, 5.74) is 1.44. The number of aromatic nitrogens is 2. The number of ether oxygens (including phenoxy) is 1. The third-order valence-corrected chi connectivity index (χ3v) is 3.15. The third kappa shape index (κ3) is 2.59. The molecular formula is C13H16N4O2. The van der Waals surface area contributed by atoms with E-state index in [0.29, 0.717) is 18.8 Å². The van der Waals surface area contributed by atoms with Crippen molar-refractivity contribution in [3.8, 4) is 0 Å². The average Bonchev–Trinajstić information content (AvgIpc) is 2.94. The Morgan fingerprint density at radius 1 is 1.53 bits per heavy atom. The van der Waals surface area contributed by atoms with Crippen LogP contribution in [-0.4, -0.2) is 47.9 Å². The summed E-state index contributed by atoms with van der Waals surface area (Å²) in [5.74, 6) is -0.136. The maximum absolute atomic E-state index is 12.2. The molecule has 1 aliphatic heterocycles. The summed E-state index contributed by atoms with van der Waals surface area (Å²) >= 11 is 0. The minimum atomic E-state index is -0.136. The quantitative estimate of drug-likeness (QED) is 0.818. The van der Waals surface area contributed by atoms with Gasteiger partial charge in [0.05, 0.1) is 24.4 Å². The van der Waals surface area contributed by atoms with E-state index in [4.69, 9.17) is 4.74 Å². The van der Waals surface area contributed by atoms with Gasteiger partial charge in [-0.05, 0) is 18.2 Å². The van der Waals surface area contributed by atoms with Crippen LogP contribution >= 0.6 is 0 Å². The standard InChI is InChI=1S/C13H16N4O2/c18-13(15-9-11-8-14-6-7-19-11)12-3-1-2-10-4-5-16-17(10)12/h1-5,11,14H,6-9H2,(H,15,18). The number of pyridine rings is 1. The number of hydrogen-bond donors (Lipinski definition) is 2. The van der Waals surface area contributed by atoms with Gasteiger partial charge in [0, 0.05) is 19.6 Å². The molecule has 2 N–H and O–H groups in total. The lowest BCUT2D eigenvalue weighted by molar-refractivity contribution is 0.0286. The highest BCUT2D eigenvalue weighted by molar-refractivity contribution is 5.93. The number of morpholine rings is 1. The minimum Gasteiger partial charge on any atom is -0.374 e. The van der Waals surface area contributed by atoms with Crippen molar-refractivity contribution in [2.45, 2.75) is 6.10 Å². The smallest absolute Gasteiger partial charge is 0.270 e. The van der Waals surface area contributed by atoms with Gasteiger partial charge in [0.1, 0.15) is 5.69 Å². The Kier molecular flexibility index (Phi) is 3.43. The van der Waals surface area contributed by atoms with Crippen LogP contribution in [0.1, 0.15) is 10.5 Å². The topological polar surface area (TPSA) is 67.7 Å². The van der Waals surface area contributed by atoms with Crippen molar-refractivity contribution in [3.63, 3.8) is 0 Å². The molecule has 0 aromatic carbocycles. The zero-order valence-electron chi connectivity index (χ0n) is 10.5. The monoisotopic (exact) mass is 260 g/mol. The normalized spacial score (nSPS) is 19.5. The second-order valence-corrected chi connectivity index (χ2v) is 4.49. The Hall–Kier alpha value is -1.92. The molecule has 0 saturated carbocycles. The van der Waals surface area contributed by atoms with Gasteiger partial charge in [0.25, 0.3) is 5.91 Å². The summed E-state index contributed by atoms with van der Waals surface area (Å²) in [5, 5.41) is 10.3. The van der Waals surface area contributed by atoms with Gasteiger partial charge < -0.3 is 15.4 Å². The van der Waals surface area contributed by atoms with Crippen molar-refractivity contribution in [2.24, 2.45) is 0 Å². The fourth-order valence-electron chi connectivity index (χ4n) is 2.17. The van der Waals surface area contributed by atoms with Gasteiger partial charge >= 0.3 is 0 Å². The lowest BCUT2D eigenvalue weighted by Gasteiger charge is -2.23. The van der Waals surface area contributed by atoms with Gasteiger partial charge in [0.15, 0.2) is 0 Å². The summed E-state index contributed by atoms with van der Waals surface area (Å²) in [6, 6.07) is 7.39. The molecule has 1 fully saturated rings. The summed E-state index contributed by atoms with van der Waals surface area (Å²) < 4.78 is 7.17. The molecule has 1 amide bonds. The number of hydrogen-bond acceptors (Lipinski definition) is 4. The van der Waals surface area contributed by atoms with Crippen LogP contribution in [0, 0.1) is 0 Å². The van der Waals surface area contributed by atoms with E-state index >= 15 is 0 Å². The van der Waals surface area contributed by atoms with E-state index in [1.165, 1.54) is 0 Å². The van der Waals surface area contributed by atoms with E-state index in [2.05, 4.69) is 15.7 Å². The molecule has 2 aromatic heterocycles. The van der Waals surface area contributed by atoms with Gasteiger partial charge in [0.2, 0.25) is 0 Å². The second kappa shape index (κ2) is 5.38. The lowest BCUT2D eigenvalue weighted by atomic mass is 10.2. The molecule has 0 aliphatic carbocycles. The van der Waals surface area contributed by atoms with Crippen molar-refractivity contribution >= 4 is 11.4 Å². The Bertz CT molecular complexity index is 575. The first-order chi connectivity index (χ1) is 9.34. The Balaban J connectivity index is 1.68. The van der Waals surface area contributed by atoms with E-state index < -0.39 is 0 Å². The van der Waals surface area contributed by atoms with Gasteiger partial charge in [-0.1, -0.05) is 6.07 Å². The fraction of sp³-hybridized carbons (Fsp3) is 0.385. The maximum atomic E-state index is 12.2. The van der Waals surface area contributed by atoms with Gasteiger partial charge in [-0.25, -0.2) is 4.52 Å². The minimum absolute atomic E-state index is 0.0366. The van der Waals surface area contributed by atoms with Crippen LogP contribution < -0.4 is 10.6 Å². The van der Waals surface area contributed by atoms with Crippen LogP contribution in [0.4, 0.5) is 0 Å². The molecule has 0 radical (unpaired) electrons. The number of fused-ring (bicyclic) bond motifs is 1. The van der Waals surface area contributed by atoms with Crippen molar-refractivity contribution in [1.82, 2.24) is 20.2 Å². The molecule has 6 nitrogen and oxygen atoms in total. The molecule has 19 heavy (non-hydrogen) atoms. The van der Waals surface area contributed by atoms with Crippen molar-refractivity contribution in [3.05, 3.63) is 36.2 Å². The SMILES string of the molecule is O=C(NCC1CNCCO1)c1cccc2ccnn12. The molecule has 1 aliphatic rings. The van der Waals surface area contributed by atoms with Crippen LogP contribution in [0.3, 0.4) is 0 Å². The van der Waals surface area contributed by atoms with Crippen LogP contribution in [-0.2, 0) is 4.74 Å². The summed E-state index contributed by atoms with van der Waals surface area (Å²) in [7, 11) is 0. The molecular weight excluding hydrogens is 244 g/mol. The number of carbonyl (C=O) groups excluding carboxylic acids is 1. The van der Waals surface area contributed by atoms with Gasteiger partial charge in [-0.2, -0.15) is 5.10 Å². The maximum Gasteiger partial charge on any atom is 0.270 e. The van der Waals surface area contributed by atoms with Crippen molar-refractivity contribution < 1.29 is 9.53 Å². The van der Waals surface area contributed by atoms with E-state index in [1.807, 2.05) is 18.2 Å². The van der Waals surface area contributed by atoms with Crippen LogP contribution in [0.15, 0.2) is 30.5 Å². The summed E-state index contributed by atoms with van der Waals surface area (Å²) in [6.07, 6.45) is 1.72. The molecule has 0 spiro atoms. The third-order valence-electron chi connectivity index (χ3n) is 3.15. The van der Waals surface area contributed by atoms with E-state index in [0.717, 1.165) is 18.6 Å². The number of nitrogens with zero attached hydrogens (tertiary/aromatic N) is 2. The first kappa shape index (κ1) is 12.1. The summed E-state index contributed by atoms with van der Waals surface area (Å²) in [4.78, 5) is 12.2. The number of amides is 1. The lowest BCUT2D eigenvalue weighted by Crippen LogP contribution is -2.45. The molecule has 1 saturated heterocycles. The Morgan fingerprint density at radius 3 is 3.32 bits per heavy atom. The fourth-order valence-corrected chi connectivity index (χ4v) is 2.17.